The first kappa shape index (κ1) is 23.3. The second-order valence-electron chi connectivity index (χ2n) is 10.0. The maximum atomic E-state index is 2.47. The lowest BCUT2D eigenvalue weighted by Gasteiger charge is -2.29. The van der Waals surface area contributed by atoms with E-state index < -0.39 is 16.1 Å². The first-order chi connectivity index (χ1) is 17.0. The van der Waals surface area contributed by atoms with E-state index >= 15 is 0 Å². The van der Waals surface area contributed by atoms with Crippen molar-refractivity contribution >= 4 is 42.1 Å². The van der Waals surface area contributed by atoms with Gasteiger partial charge in [0.15, 0.2) is 0 Å². The van der Waals surface area contributed by atoms with Crippen LogP contribution in [-0.2, 0) is 0 Å². The van der Waals surface area contributed by atoms with E-state index in [9.17, 15) is 0 Å². The van der Waals surface area contributed by atoms with E-state index in [0.717, 1.165) is 0 Å². The topological polar surface area (TPSA) is 0 Å². The van der Waals surface area contributed by atoms with Crippen molar-refractivity contribution in [2.45, 2.75) is 19.6 Å². The number of hydrogen-bond acceptors (Lipinski definition) is 0. The van der Waals surface area contributed by atoms with Gasteiger partial charge < -0.3 is 0 Å². The lowest BCUT2D eigenvalue weighted by atomic mass is 10.1. The molecule has 5 aromatic rings. The third-order valence-corrected chi connectivity index (χ3v) is 15.6. The van der Waals surface area contributed by atoms with Gasteiger partial charge in [0.25, 0.3) is 0 Å². The van der Waals surface area contributed by atoms with Crippen LogP contribution in [0.2, 0.25) is 19.6 Å². The van der Waals surface area contributed by atoms with Crippen LogP contribution in [-0.4, -0.2) is 16.1 Å². The Morgan fingerprint density at radius 2 is 0.600 bits per heavy atom. The summed E-state index contributed by atoms with van der Waals surface area (Å²) in [6.07, 6.45) is 0. The molecule has 0 aliphatic carbocycles. The molecular weight excluding hydrogens is 453 g/mol. The fourth-order valence-corrected chi connectivity index (χ4v) is 11.1. The monoisotopic (exact) mass is 484 g/mol. The molecule has 0 heterocycles. The third-order valence-electron chi connectivity index (χ3n) is 7.60. The van der Waals surface area contributed by atoms with E-state index in [4.69, 9.17) is 0 Å². The Kier molecular flexibility index (Phi) is 6.42. The molecule has 0 amide bonds. The van der Waals surface area contributed by atoms with E-state index in [1.54, 1.807) is 0 Å². The highest BCUT2D eigenvalue weighted by Crippen LogP contribution is 2.19. The Morgan fingerprint density at radius 1 is 0.314 bits per heavy atom. The van der Waals surface area contributed by atoms with Crippen molar-refractivity contribution in [1.82, 2.24) is 0 Å². The number of benzene rings is 5. The minimum absolute atomic E-state index is 1.27. The van der Waals surface area contributed by atoms with Gasteiger partial charge in [-0.2, -0.15) is 0 Å². The lowest BCUT2D eigenvalue weighted by Crippen LogP contribution is -2.64. The van der Waals surface area contributed by atoms with Crippen LogP contribution in [0.4, 0.5) is 0 Å². The molecule has 0 nitrogen and oxygen atoms in total. The van der Waals surface area contributed by atoms with E-state index in [0.29, 0.717) is 0 Å². The summed E-state index contributed by atoms with van der Waals surface area (Å²) in [5, 5.41) is 7.26. The second kappa shape index (κ2) is 9.65. The Bertz CT molecular complexity index is 1330. The average molecular weight is 485 g/mol. The first-order valence-corrected chi connectivity index (χ1v) is 17.9. The molecule has 2 heteroatoms. The molecule has 0 unspecified atom stereocenters. The van der Waals surface area contributed by atoms with E-state index in [-0.39, 0.29) is 0 Å². The van der Waals surface area contributed by atoms with Crippen LogP contribution < -0.4 is 25.9 Å². The molecule has 5 aromatic carbocycles. The smallest absolute Gasteiger partial charge is 0.0626 e. The van der Waals surface area contributed by atoms with Crippen LogP contribution in [0, 0.1) is 0 Å². The van der Waals surface area contributed by atoms with Crippen LogP contribution >= 0.6 is 0 Å². The van der Waals surface area contributed by atoms with Gasteiger partial charge in [0.05, 0.1) is 0 Å². The van der Waals surface area contributed by atoms with Crippen molar-refractivity contribution in [3.8, 4) is 11.1 Å². The SMILES string of the molecule is C[Si](C)(c1ccccc1)c1ccc(-c2ccc([Si](C)(c3ccccc3)c3ccccc3)cc2)cc1. The minimum atomic E-state index is -2.07. The van der Waals surface area contributed by atoms with Gasteiger partial charge in [-0.15, -0.1) is 0 Å². The maximum absolute atomic E-state index is 2.47. The Morgan fingerprint density at radius 3 is 1.00 bits per heavy atom. The molecule has 0 saturated carbocycles. The molecule has 0 aliphatic heterocycles. The van der Waals surface area contributed by atoms with Gasteiger partial charge in [0.2, 0.25) is 0 Å². The molecule has 0 aromatic heterocycles. The first-order valence-electron chi connectivity index (χ1n) is 12.4. The van der Waals surface area contributed by atoms with Crippen molar-refractivity contribution in [3.05, 3.63) is 140 Å². The number of rotatable bonds is 6. The summed E-state index contributed by atoms with van der Waals surface area (Å²) in [7, 11) is -3.75. The molecule has 0 spiro atoms. The van der Waals surface area contributed by atoms with Crippen molar-refractivity contribution in [3.63, 3.8) is 0 Å². The Balaban J connectivity index is 1.47. The predicted molar refractivity (Wildman–Crippen MR) is 158 cm³/mol. The molecule has 0 bridgehead atoms. The molecule has 0 aliphatic rings. The van der Waals surface area contributed by atoms with Crippen molar-refractivity contribution in [2.75, 3.05) is 0 Å². The summed E-state index contributed by atoms with van der Waals surface area (Å²) in [6.45, 7) is 7.34. The zero-order chi connectivity index (χ0) is 24.3. The average Bonchev–Trinajstić information content (AvgIpc) is 2.94. The fourth-order valence-electron chi connectivity index (χ4n) is 5.14. The Hall–Kier alpha value is -3.47. The van der Waals surface area contributed by atoms with Gasteiger partial charge in [0, 0.05) is 0 Å². The highest BCUT2D eigenvalue weighted by molar-refractivity contribution is 7.10. The molecule has 0 saturated heterocycles. The fraction of sp³-hybridized carbons (Fsp3) is 0.0909. The highest BCUT2D eigenvalue weighted by atomic mass is 28.3. The van der Waals surface area contributed by atoms with Gasteiger partial charge in [-0.1, -0.05) is 170 Å². The van der Waals surface area contributed by atoms with Crippen molar-refractivity contribution in [2.24, 2.45) is 0 Å². The summed E-state index contributed by atoms with van der Waals surface area (Å²) < 4.78 is 0. The van der Waals surface area contributed by atoms with Gasteiger partial charge in [-0.05, 0) is 26.7 Å². The molecule has 5 rings (SSSR count). The molecule has 35 heavy (non-hydrogen) atoms. The minimum Gasteiger partial charge on any atom is -0.0626 e. The summed E-state index contributed by atoms with van der Waals surface area (Å²) in [6, 6.07) is 51.6. The predicted octanol–water partition coefficient (Wildman–Crippen LogP) is 5.28. The third kappa shape index (κ3) is 4.47. The molecule has 0 N–H and O–H groups in total. The normalized spacial score (nSPS) is 11.9. The second-order valence-corrected chi connectivity index (χ2v) is 18.4. The zero-order valence-electron chi connectivity index (χ0n) is 20.8. The summed E-state index contributed by atoms with van der Waals surface area (Å²) in [5.74, 6) is 0. The highest BCUT2D eigenvalue weighted by Gasteiger charge is 2.33. The van der Waals surface area contributed by atoms with Gasteiger partial charge in [-0.25, -0.2) is 0 Å². The molecular formula is C33H32Si2. The molecule has 172 valence electrons. The quantitative estimate of drug-likeness (QED) is 0.227. The summed E-state index contributed by atoms with van der Waals surface area (Å²) in [4.78, 5) is 0. The zero-order valence-corrected chi connectivity index (χ0v) is 22.8. The van der Waals surface area contributed by atoms with Crippen LogP contribution in [0.15, 0.2) is 140 Å². The van der Waals surface area contributed by atoms with Gasteiger partial charge in [0.1, 0.15) is 16.1 Å². The standard InChI is InChI=1S/C33H32Si2/c1-34(2,29-13-7-4-8-14-29)30-23-19-27(20-24-30)28-21-25-33(26-22-28)35(3,31-15-9-5-10-16-31)32-17-11-6-12-18-32/h4-26H,1-3H3. The molecule has 0 radical (unpaired) electrons. The van der Waals surface area contributed by atoms with Gasteiger partial charge >= 0.3 is 0 Å². The van der Waals surface area contributed by atoms with E-state index in [1.165, 1.54) is 37.1 Å². The lowest BCUT2D eigenvalue weighted by molar-refractivity contribution is 1.62. The van der Waals surface area contributed by atoms with Crippen LogP contribution in [0.25, 0.3) is 11.1 Å². The maximum Gasteiger partial charge on any atom is 0.145 e. The van der Waals surface area contributed by atoms with Crippen LogP contribution in [0.3, 0.4) is 0 Å². The molecule has 0 atom stereocenters. The van der Waals surface area contributed by atoms with Crippen molar-refractivity contribution in [1.29, 1.82) is 0 Å². The largest absolute Gasteiger partial charge is 0.145 e. The van der Waals surface area contributed by atoms with Gasteiger partial charge in [-0.3, -0.25) is 0 Å². The van der Waals surface area contributed by atoms with Crippen LogP contribution in [0.1, 0.15) is 0 Å². The number of hydrogen-bond donors (Lipinski definition) is 0. The summed E-state index contributed by atoms with van der Waals surface area (Å²) in [5.41, 5.74) is 2.55. The van der Waals surface area contributed by atoms with E-state index in [2.05, 4.69) is 159 Å². The van der Waals surface area contributed by atoms with Crippen LogP contribution in [0.5, 0.6) is 0 Å². The van der Waals surface area contributed by atoms with Crippen molar-refractivity contribution < 1.29 is 0 Å². The Labute approximate surface area is 212 Å². The van der Waals surface area contributed by atoms with E-state index in [1.807, 2.05) is 0 Å². The summed E-state index contributed by atoms with van der Waals surface area (Å²) >= 11 is 0. The molecule has 0 fully saturated rings.